The number of carboxylic acids is 1. The van der Waals surface area contributed by atoms with Crippen molar-refractivity contribution in [3.63, 3.8) is 0 Å². The predicted octanol–water partition coefficient (Wildman–Crippen LogP) is 13.6. The standard InChI is InChI=1S/C30H36N2O4.C17H22O.C14H22O2.C10H16O.C9H10O2.Al.Li.4H/c1-21-18-32(24-12-13-25(29(31)34)23(15-24)11-7-8-14-35-3)26-16-30(2,17-27(33)28(21)26)20-36-19-22-9-5-4-6-10-22;1-14-9-15(2)11-17(3,10-14)13-18-12-16-7-5-4-6-8-16;1-10-7-11(2)9-14(6,8-10)12(15)16-13(3,4)5;1-8-4-9(2)6-10(3,5-8)7-11;1-6-3-7(2)5-8(4-6)9(10)11;;;;;;/h4-6,9-10,12-13,15,18H,7-8,11,14,16-17,19-20H2,1-3H3,(H2,31,34);4-8,10-11H,9,12-13H2,1-3H3;8-9H,7H2,1-6H3;5-6,11H,4,7H2,1-3H3;3-5H,1-2H3,(H,10,11);;;;;;/q;;;;;;+1;;;;-1. The number of rotatable bonds is 18. The van der Waals surface area contributed by atoms with Crippen LogP contribution in [0.5, 0.6) is 0 Å². The number of allylic oxidation sites excluding steroid dienone is 6. The number of hydrogen-bond donors (Lipinski definition) is 3. The molecule has 1 atom stereocenters. The van der Waals surface area contributed by atoms with Crippen molar-refractivity contribution in [1.29, 1.82) is 0 Å². The Kier molecular flexibility index (Phi) is 32.4. The van der Waals surface area contributed by atoms with E-state index >= 15 is 0 Å². The van der Waals surface area contributed by atoms with Crippen molar-refractivity contribution in [2.75, 3.05) is 33.5 Å². The number of carboxylic acid groups (broad SMARTS) is 1. The maximum Gasteiger partial charge on any atom is 1.00 e. The van der Waals surface area contributed by atoms with Crippen LogP contribution in [0.15, 0.2) is 173 Å². The van der Waals surface area contributed by atoms with E-state index in [0.717, 1.165) is 96.3 Å². The fourth-order valence-corrected chi connectivity index (χ4v) is 13.0. The fraction of sp³-hybridized carbons (Fsp3) is 0.450. The van der Waals surface area contributed by atoms with Gasteiger partial charge < -0.3 is 40.9 Å². The Labute approximate surface area is 587 Å². The number of aliphatic hydroxyl groups excluding tert-OH is 1. The summed E-state index contributed by atoms with van der Waals surface area (Å²) in [6.45, 7) is 35.9. The van der Waals surface area contributed by atoms with Gasteiger partial charge in [0.1, 0.15) is 11.0 Å². The molecule has 0 aliphatic heterocycles. The minimum absolute atomic E-state index is 0. The molecule has 0 fully saturated rings. The van der Waals surface area contributed by atoms with E-state index in [1.54, 1.807) is 25.3 Å². The number of primary amides is 1. The number of aryl methyl sites for hydroxylation is 4. The summed E-state index contributed by atoms with van der Waals surface area (Å²) in [5, 5.41) is 17.7. The number of aliphatic hydroxyl groups is 1. The Morgan fingerprint density at radius 2 is 1.12 bits per heavy atom. The van der Waals surface area contributed by atoms with Gasteiger partial charge in [0.2, 0.25) is 5.91 Å². The number of carbonyl (C=O) groups is 4. The second-order valence-corrected chi connectivity index (χ2v) is 28.3. The molecule has 0 radical (unpaired) electrons. The monoisotopic (exact) mass is 1290 g/mol. The first-order valence-electron chi connectivity index (χ1n) is 32.3. The third-order valence-electron chi connectivity index (χ3n) is 16.2. The van der Waals surface area contributed by atoms with Crippen molar-refractivity contribution in [1.82, 2.24) is 4.57 Å². The van der Waals surface area contributed by atoms with Gasteiger partial charge >= 0.3 is 30.8 Å². The number of fused-ring (bicyclic) bond motifs is 1. The molecule has 0 spiro atoms. The van der Waals surface area contributed by atoms with E-state index in [1.807, 2.05) is 121 Å². The summed E-state index contributed by atoms with van der Waals surface area (Å²) in [6.07, 6.45) is 21.9. The smallest absolute Gasteiger partial charge is 1.00 e. The van der Waals surface area contributed by atoms with Gasteiger partial charge in [-0.25, -0.2) is 4.79 Å². The normalized spacial score (nSPS) is 17.2. The average Bonchev–Trinajstić information content (AvgIpc) is 1.62. The van der Waals surface area contributed by atoms with E-state index in [-0.39, 0.29) is 72.3 Å². The largest absolute Gasteiger partial charge is 1.00 e. The van der Waals surface area contributed by atoms with E-state index in [1.165, 1.54) is 39.0 Å². The van der Waals surface area contributed by atoms with Crippen LogP contribution in [-0.4, -0.2) is 94.9 Å². The number of ketones is 1. The molecule has 12 nitrogen and oxygen atoms in total. The number of aromatic carboxylic acids is 1. The van der Waals surface area contributed by atoms with Crippen molar-refractivity contribution in [2.24, 2.45) is 27.4 Å². The maximum atomic E-state index is 13.3. The Morgan fingerprint density at radius 1 is 0.638 bits per heavy atom. The molecule has 504 valence electrons. The molecule has 4 aliphatic carbocycles. The fourth-order valence-electron chi connectivity index (χ4n) is 13.0. The zero-order chi connectivity index (χ0) is 68.2. The molecule has 9 rings (SSSR count). The van der Waals surface area contributed by atoms with Crippen molar-refractivity contribution >= 4 is 41.0 Å². The van der Waals surface area contributed by atoms with E-state index in [9.17, 15) is 19.2 Å². The predicted molar refractivity (Wildman–Crippen MR) is 384 cm³/mol. The van der Waals surface area contributed by atoms with Crippen LogP contribution in [-0.2, 0) is 49.8 Å². The van der Waals surface area contributed by atoms with Crippen LogP contribution in [0.25, 0.3) is 5.69 Å². The summed E-state index contributed by atoms with van der Waals surface area (Å²) in [5.41, 5.74) is 22.3. The number of hydrogen-bond acceptors (Lipinski definition) is 9. The molecule has 5 aromatic rings. The van der Waals surface area contributed by atoms with Gasteiger partial charge in [0.15, 0.2) is 23.1 Å². The summed E-state index contributed by atoms with van der Waals surface area (Å²) in [6, 6.07) is 31.5. The van der Waals surface area contributed by atoms with Crippen molar-refractivity contribution in [3.8, 4) is 5.69 Å². The maximum absolute atomic E-state index is 13.3. The molecular weight excluding hydrogens is 1180 g/mol. The zero-order valence-electron chi connectivity index (χ0n) is 60.4. The molecule has 0 bridgehead atoms. The summed E-state index contributed by atoms with van der Waals surface area (Å²) >= 11 is 0. The van der Waals surface area contributed by atoms with Crippen LogP contribution < -0.4 is 24.6 Å². The Morgan fingerprint density at radius 3 is 1.57 bits per heavy atom. The number of Topliss-reactive ketones (excluding diaryl/α,β-unsaturated/α-hetero) is 1. The molecular formula is C80H110AlLiN2O10. The number of ether oxygens (including phenoxy) is 4. The van der Waals surface area contributed by atoms with Gasteiger partial charge in [0, 0.05) is 65.1 Å². The molecule has 1 aromatic heterocycles. The Hall–Kier alpha value is -6.35. The molecule has 0 saturated heterocycles. The number of unbranched alkanes of at least 4 members (excludes halogenated alkanes) is 1. The first-order chi connectivity index (χ1) is 43.2. The van der Waals surface area contributed by atoms with Crippen molar-refractivity contribution in [2.45, 2.75) is 181 Å². The first-order valence-corrected chi connectivity index (χ1v) is 32.3. The number of amides is 1. The number of benzene rings is 4. The first kappa shape index (κ1) is 81.9. The summed E-state index contributed by atoms with van der Waals surface area (Å²) in [5.74, 6) is -1.30. The minimum Gasteiger partial charge on any atom is -1.00 e. The quantitative estimate of drug-likeness (QED) is 0.0331. The molecule has 1 unspecified atom stereocenters. The van der Waals surface area contributed by atoms with Crippen LogP contribution >= 0.6 is 0 Å². The van der Waals surface area contributed by atoms with Gasteiger partial charge in [-0.05, 0) is 188 Å². The summed E-state index contributed by atoms with van der Waals surface area (Å²) in [4.78, 5) is 48.0. The topological polar surface area (TPSA) is 177 Å². The summed E-state index contributed by atoms with van der Waals surface area (Å²) in [7, 11) is 1.69. The average molecular weight is 1290 g/mol. The van der Waals surface area contributed by atoms with Gasteiger partial charge in [0.05, 0.1) is 38.6 Å². The molecule has 14 heteroatoms. The van der Waals surface area contributed by atoms with Crippen molar-refractivity contribution in [3.05, 3.63) is 229 Å². The Balaban J connectivity index is 0.000000439. The van der Waals surface area contributed by atoms with Crippen LogP contribution in [0.4, 0.5) is 0 Å². The number of methoxy groups -OCH3 is 1. The molecule has 0 saturated carbocycles. The van der Waals surface area contributed by atoms with Crippen LogP contribution in [0, 0.1) is 42.4 Å². The van der Waals surface area contributed by atoms with Crippen LogP contribution in [0.2, 0.25) is 0 Å². The molecule has 1 heterocycles. The second-order valence-electron chi connectivity index (χ2n) is 28.3. The number of nitrogens with two attached hydrogens (primary N) is 1. The van der Waals surface area contributed by atoms with E-state index < -0.39 is 22.9 Å². The third-order valence-corrected chi connectivity index (χ3v) is 16.2. The van der Waals surface area contributed by atoms with Gasteiger partial charge in [-0.2, -0.15) is 0 Å². The number of aromatic nitrogens is 1. The van der Waals surface area contributed by atoms with Crippen LogP contribution in [0.3, 0.4) is 0 Å². The molecule has 1 amide bonds. The number of carbonyl (C=O) groups excluding carboxylic acids is 3. The van der Waals surface area contributed by atoms with Gasteiger partial charge in [0.25, 0.3) is 0 Å². The Bertz CT molecular complexity index is 3480. The SMILES string of the molecule is CC1=CC(C)(C(=O)OC(C)(C)C)C=C(C)C1.CC1=CC(C)(CO)C=C(C)C1.CC1=CC(C)(COCc2ccccc2)C=C(C)C1.COCCCCc1cc(-n2cc(C)c3c2CC(C)(COCc2ccccc2)CC3=O)ccc1C(N)=O.Cc1cc(C)cc(C(=O)O)c1.[AlH3].[H-].[Li+]. The molecule has 4 N–H and O–H groups in total. The van der Waals surface area contributed by atoms with Crippen molar-refractivity contribution < 1.29 is 68.6 Å². The third kappa shape index (κ3) is 26.3. The number of esters is 1. The summed E-state index contributed by atoms with van der Waals surface area (Å²) < 4.78 is 24.7. The van der Waals surface area contributed by atoms with Gasteiger partial charge in [-0.3, -0.25) is 14.4 Å². The van der Waals surface area contributed by atoms with E-state index in [4.69, 9.17) is 34.9 Å². The van der Waals surface area contributed by atoms with E-state index in [2.05, 4.69) is 115 Å². The number of nitrogens with zero attached hydrogens (tertiary/aromatic N) is 1. The molecule has 94 heavy (non-hydrogen) atoms. The van der Waals surface area contributed by atoms with Gasteiger partial charge in [-0.1, -0.05) is 169 Å². The second kappa shape index (κ2) is 37.2. The molecule has 4 aliphatic rings. The zero-order valence-corrected chi connectivity index (χ0v) is 59.4. The molecule has 4 aromatic carbocycles. The van der Waals surface area contributed by atoms with E-state index in [0.29, 0.717) is 44.0 Å². The van der Waals surface area contributed by atoms with Crippen LogP contribution in [0.1, 0.15) is 200 Å². The minimum atomic E-state index is -0.864. The van der Waals surface area contributed by atoms with Gasteiger partial charge in [-0.15, -0.1) is 0 Å².